The molecule has 0 aromatic heterocycles. The van der Waals surface area contributed by atoms with E-state index in [0.29, 0.717) is 12.8 Å². The summed E-state index contributed by atoms with van der Waals surface area (Å²) in [4.78, 5) is 14.7. The predicted octanol–water partition coefficient (Wildman–Crippen LogP) is -0.324. The highest BCUT2D eigenvalue weighted by Gasteiger charge is 2.45. The number of piperidine rings is 1. The number of nitrogens with two attached hydrogens (primary N) is 1. The highest BCUT2D eigenvalue weighted by Crippen LogP contribution is 2.25. The zero-order chi connectivity index (χ0) is 15.8. The molecule has 3 N–H and O–H groups in total. The maximum Gasteiger partial charge on any atom is 0.241 e. The Morgan fingerprint density at radius 1 is 1.35 bits per heavy atom. The van der Waals surface area contributed by atoms with Crippen LogP contribution in [0.25, 0.3) is 0 Å². The first-order chi connectivity index (χ1) is 8.92. The van der Waals surface area contributed by atoms with Crippen molar-refractivity contribution in [2.45, 2.75) is 37.0 Å². The van der Waals surface area contributed by atoms with Gasteiger partial charge in [-0.05, 0) is 33.7 Å². The lowest BCUT2D eigenvalue weighted by atomic mass is 9.87. The fraction of sp³-hybridized carbons (Fsp3) is 0.833. The second kappa shape index (κ2) is 5.57. The minimum atomic E-state index is -3.52. The van der Waals surface area contributed by atoms with Gasteiger partial charge in [0.1, 0.15) is 4.75 Å². The van der Waals surface area contributed by atoms with Crippen molar-refractivity contribution < 1.29 is 13.2 Å². The molecule has 0 aromatic rings. The average Bonchev–Trinajstić information content (AvgIpc) is 2.30. The van der Waals surface area contributed by atoms with Gasteiger partial charge in [-0.15, -0.1) is 0 Å². The highest BCUT2D eigenvalue weighted by molar-refractivity contribution is 7.92. The number of rotatable bonds is 4. The lowest BCUT2D eigenvalue weighted by molar-refractivity contribution is -0.124. The van der Waals surface area contributed by atoms with Crippen molar-refractivity contribution in [3.8, 4) is 0 Å². The van der Waals surface area contributed by atoms with E-state index in [1.54, 1.807) is 0 Å². The van der Waals surface area contributed by atoms with E-state index in [9.17, 15) is 13.2 Å². The SMILES string of the molecule is CN1CCC(NC(=O)C(C)(C)S(C)(=O)=O)(C(N)=S)CC1. The summed E-state index contributed by atoms with van der Waals surface area (Å²) >= 11 is 5.10. The third-order valence-electron chi connectivity index (χ3n) is 4.14. The number of nitrogens with one attached hydrogen (secondary N) is 1. The first kappa shape index (κ1) is 17.3. The first-order valence-electron chi connectivity index (χ1n) is 6.43. The number of nitrogens with zero attached hydrogens (tertiary/aromatic N) is 1. The molecule has 0 aliphatic carbocycles. The van der Waals surface area contributed by atoms with Crippen molar-refractivity contribution in [2.24, 2.45) is 5.73 Å². The Balaban J connectivity index is 2.99. The van der Waals surface area contributed by atoms with Crippen LogP contribution in [0.3, 0.4) is 0 Å². The summed E-state index contributed by atoms with van der Waals surface area (Å²) in [5.74, 6) is -0.558. The standard InChI is InChI=1S/C12H23N3O3S2/c1-11(2,20(4,17)18)10(16)14-12(9(13)19)5-7-15(3)8-6-12/h5-8H2,1-4H3,(H2,13,19)(H,14,16). The molecule has 20 heavy (non-hydrogen) atoms. The third kappa shape index (κ3) is 3.29. The molecule has 0 unspecified atom stereocenters. The Morgan fingerprint density at radius 3 is 2.15 bits per heavy atom. The number of hydrogen-bond donors (Lipinski definition) is 2. The number of sulfone groups is 1. The van der Waals surface area contributed by atoms with E-state index in [1.165, 1.54) is 13.8 Å². The molecule has 1 heterocycles. The van der Waals surface area contributed by atoms with Crippen LogP contribution in [-0.2, 0) is 14.6 Å². The Morgan fingerprint density at radius 2 is 1.80 bits per heavy atom. The number of carbonyl (C=O) groups is 1. The van der Waals surface area contributed by atoms with Gasteiger partial charge in [0.2, 0.25) is 5.91 Å². The topological polar surface area (TPSA) is 92.5 Å². The molecule has 1 amide bonds. The van der Waals surface area contributed by atoms with Gasteiger partial charge in [-0.3, -0.25) is 4.79 Å². The fourth-order valence-corrected chi connectivity index (χ4v) is 2.61. The second-order valence-corrected chi connectivity index (χ2v) is 8.99. The zero-order valence-corrected chi connectivity index (χ0v) is 14.0. The molecule has 8 heteroatoms. The van der Waals surface area contributed by atoms with Crippen LogP contribution in [-0.4, -0.2) is 60.9 Å². The molecule has 0 atom stereocenters. The van der Waals surface area contributed by atoms with Crippen molar-refractivity contribution in [3.05, 3.63) is 0 Å². The predicted molar refractivity (Wildman–Crippen MR) is 83.3 cm³/mol. The molecule has 1 aliphatic heterocycles. The van der Waals surface area contributed by atoms with E-state index >= 15 is 0 Å². The van der Waals surface area contributed by atoms with Crippen LogP contribution in [0.1, 0.15) is 26.7 Å². The summed E-state index contributed by atoms with van der Waals surface area (Å²) in [6.07, 6.45) is 2.23. The molecule has 0 bridgehead atoms. The molecule has 1 rings (SSSR count). The van der Waals surface area contributed by atoms with E-state index in [2.05, 4.69) is 10.2 Å². The molecule has 0 radical (unpaired) electrons. The molecule has 0 saturated carbocycles. The molecule has 0 aromatic carbocycles. The van der Waals surface area contributed by atoms with E-state index in [-0.39, 0.29) is 4.99 Å². The number of likely N-dealkylation sites (tertiary alicyclic amines) is 1. The Hall–Kier alpha value is -0.730. The maximum atomic E-state index is 12.4. The van der Waals surface area contributed by atoms with Crippen LogP contribution in [0.2, 0.25) is 0 Å². The quantitative estimate of drug-likeness (QED) is 0.689. The molecule has 1 fully saturated rings. The van der Waals surface area contributed by atoms with Gasteiger partial charge in [0.15, 0.2) is 9.84 Å². The van der Waals surface area contributed by atoms with Gasteiger partial charge in [0.05, 0.1) is 10.5 Å². The highest BCUT2D eigenvalue weighted by atomic mass is 32.2. The summed E-state index contributed by atoms with van der Waals surface area (Å²) in [7, 11) is -1.54. The molecular formula is C12H23N3O3S2. The Kier molecular flexibility index (Phi) is 4.83. The van der Waals surface area contributed by atoms with Crippen LogP contribution in [0.15, 0.2) is 0 Å². The smallest absolute Gasteiger partial charge is 0.241 e. The van der Waals surface area contributed by atoms with Gasteiger partial charge >= 0.3 is 0 Å². The van der Waals surface area contributed by atoms with Crippen molar-refractivity contribution in [1.82, 2.24) is 10.2 Å². The fourth-order valence-electron chi connectivity index (χ4n) is 1.97. The molecule has 1 aliphatic rings. The van der Waals surface area contributed by atoms with Crippen LogP contribution in [0, 0.1) is 0 Å². The molecule has 6 nitrogen and oxygen atoms in total. The van der Waals surface area contributed by atoms with Crippen molar-refractivity contribution in [1.29, 1.82) is 0 Å². The van der Waals surface area contributed by atoms with Gasteiger partial charge in [-0.1, -0.05) is 12.2 Å². The van der Waals surface area contributed by atoms with Gasteiger partial charge in [0, 0.05) is 19.3 Å². The number of amides is 1. The van der Waals surface area contributed by atoms with Gasteiger partial charge in [-0.2, -0.15) is 0 Å². The lowest BCUT2D eigenvalue weighted by Crippen LogP contribution is -2.64. The minimum absolute atomic E-state index is 0.211. The third-order valence-corrected chi connectivity index (χ3v) is 6.57. The molecule has 0 spiro atoms. The second-order valence-electron chi connectivity index (χ2n) is 5.99. The Labute approximate surface area is 126 Å². The monoisotopic (exact) mass is 321 g/mol. The van der Waals surface area contributed by atoms with Crippen LogP contribution in [0.4, 0.5) is 0 Å². The Bertz CT molecular complexity index is 506. The van der Waals surface area contributed by atoms with Crippen LogP contribution in [0.5, 0.6) is 0 Å². The summed E-state index contributed by atoms with van der Waals surface area (Å²) in [5, 5.41) is 2.79. The summed E-state index contributed by atoms with van der Waals surface area (Å²) < 4.78 is 22.0. The average molecular weight is 321 g/mol. The number of thiocarbonyl (C=S) groups is 1. The number of hydrogen-bond acceptors (Lipinski definition) is 5. The van der Waals surface area contributed by atoms with E-state index in [0.717, 1.165) is 19.3 Å². The van der Waals surface area contributed by atoms with E-state index in [4.69, 9.17) is 18.0 Å². The first-order valence-corrected chi connectivity index (χ1v) is 8.73. The number of carbonyl (C=O) groups excluding carboxylic acids is 1. The van der Waals surface area contributed by atoms with Crippen molar-refractivity contribution >= 4 is 33.0 Å². The van der Waals surface area contributed by atoms with Gasteiger partial charge in [0.25, 0.3) is 0 Å². The normalized spacial score (nSPS) is 20.4. The molecular weight excluding hydrogens is 298 g/mol. The molecule has 1 saturated heterocycles. The molecule has 116 valence electrons. The van der Waals surface area contributed by atoms with E-state index in [1.807, 2.05) is 7.05 Å². The van der Waals surface area contributed by atoms with E-state index < -0.39 is 26.0 Å². The lowest BCUT2D eigenvalue weighted by Gasteiger charge is -2.41. The maximum absolute atomic E-state index is 12.4. The van der Waals surface area contributed by atoms with Crippen molar-refractivity contribution in [3.63, 3.8) is 0 Å². The summed E-state index contributed by atoms with van der Waals surface area (Å²) in [6, 6.07) is 0. The van der Waals surface area contributed by atoms with Gasteiger partial charge < -0.3 is 16.0 Å². The summed E-state index contributed by atoms with van der Waals surface area (Å²) in [5.41, 5.74) is 5.01. The van der Waals surface area contributed by atoms with Crippen molar-refractivity contribution in [2.75, 3.05) is 26.4 Å². The van der Waals surface area contributed by atoms with Crippen LogP contribution < -0.4 is 11.1 Å². The largest absolute Gasteiger partial charge is 0.391 e. The summed E-state index contributed by atoms with van der Waals surface area (Å²) in [6.45, 7) is 4.27. The van der Waals surface area contributed by atoms with Gasteiger partial charge in [-0.25, -0.2) is 8.42 Å². The minimum Gasteiger partial charge on any atom is -0.391 e. The zero-order valence-electron chi connectivity index (χ0n) is 12.4. The van der Waals surface area contributed by atoms with Crippen LogP contribution >= 0.6 is 12.2 Å².